The van der Waals surface area contributed by atoms with E-state index in [-0.39, 0.29) is 18.6 Å². The van der Waals surface area contributed by atoms with Crippen molar-refractivity contribution < 1.29 is 14.6 Å². The number of amides is 1. The van der Waals surface area contributed by atoms with Crippen molar-refractivity contribution in [1.29, 1.82) is 0 Å². The summed E-state index contributed by atoms with van der Waals surface area (Å²) in [5, 5.41) is 11.6. The minimum Gasteiger partial charge on any atom is -0.497 e. The Labute approximate surface area is 102 Å². The maximum Gasteiger partial charge on any atom is 0.224 e. The van der Waals surface area contributed by atoms with Crippen molar-refractivity contribution >= 4 is 5.91 Å². The van der Waals surface area contributed by atoms with E-state index in [2.05, 4.69) is 5.32 Å². The van der Waals surface area contributed by atoms with E-state index in [1.54, 1.807) is 7.11 Å². The third-order valence-electron chi connectivity index (χ3n) is 2.47. The predicted molar refractivity (Wildman–Crippen MR) is 66.0 cm³/mol. The molecule has 0 aromatic heterocycles. The Morgan fingerprint density at radius 3 is 2.94 bits per heavy atom. The molecule has 0 saturated carbocycles. The topological polar surface area (TPSA) is 58.6 Å². The number of hydrogen-bond donors (Lipinski definition) is 2. The van der Waals surface area contributed by atoms with Crippen LogP contribution >= 0.6 is 0 Å². The molecule has 0 aliphatic rings. The Morgan fingerprint density at radius 2 is 2.29 bits per heavy atom. The molecule has 1 aromatic carbocycles. The summed E-state index contributed by atoms with van der Waals surface area (Å²) in [5.41, 5.74) is 0.915. The van der Waals surface area contributed by atoms with Crippen LogP contribution in [0.4, 0.5) is 0 Å². The number of methoxy groups -OCH3 is 1. The average Bonchev–Trinajstić information content (AvgIpc) is 2.29. The van der Waals surface area contributed by atoms with Gasteiger partial charge in [-0.05, 0) is 31.0 Å². The molecular weight excluding hydrogens is 218 g/mol. The second-order valence-electron chi connectivity index (χ2n) is 4.01. The van der Waals surface area contributed by atoms with Crippen LogP contribution in [0, 0.1) is 0 Å². The first-order valence-electron chi connectivity index (χ1n) is 5.69. The molecule has 4 nitrogen and oxygen atoms in total. The smallest absolute Gasteiger partial charge is 0.224 e. The predicted octanol–water partition coefficient (Wildman–Crippen LogP) is 1.12. The lowest BCUT2D eigenvalue weighted by Crippen LogP contribution is -2.34. The molecule has 1 atom stereocenters. The summed E-state index contributed by atoms with van der Waals surface area (Å²) in [7, 11) is 1.60. The highest BCUT2D eigenvalue weighted by Crippen LogP contribution is 2.12. The Morgan fingerprint density at radius 1 is 1.53 bits per heavy atom. The van der Waals surface area contributed by atoms with Gasteiger partial charge in [0.2, 0.25) is 5.91 Å². The highest BCUT2D eigenvalue weighted by Gasteiger charge is 2.08. The van der Waals surface area contributed by atoms with Gasteiger partial charge in [-0.15, -0.1) is 0 Å². The zero-order valence-corrected chi connectivity index (χ0v) is 10.3. The number of aliphatic hydroxyl groups is 1. The fraction of sp³-hybridized carbons (Fsp3) is 0.462. The molecule has 0 saturated heterocycles. The van der Waals surface area contributed by atoms with E-state index >= 15 is 0 Å². The monoisotopic (exact) mass is 237 g/mol. The molecular formula is C13H19NO3. The van der Waals surface area contributed by atoms with Gasteiger partial charge in [-0.1, -0.05) is 12.1 Å². The van der Waals surface area contributed by atoms with Gasteiger partial charge in [-0.25, -0.2) is 0 Å². The number of benzene rings is 1. The molecule has 0 heterocycles. The maximum atomic E-state index is 11.7. The van der Waals surface area contributed by atoms with Gasteiger partial charge in [0, 0.05) is 12.6 Å². The van der Waals surface area contributed by atoms with E-state index in [1.807, 2.05) is 31.2 Å². The lowest BCUT2D eigenvalue weighted by molar-refractivity contribution is -0.121. The molecule has 2 N–H and O–H groups in total. The van der Waals surface area contributed by atoms with Crippen LogP contribution in [0.1, 0.15) is 18.9 Å². The molecule has 0 aliphatic carbocycles. The largest absolute Gasteiger partial charge is 0.497 e. The van der Waals surface area contributed by atoms with Gasteiger partial charge in [0.05, 0.1) is 13.5 Å². The zero-order chi connectivity index (χ0) is 12.7. The summed E-state index contributed by atoms with van der Waals surface area (Å²) in [6.45, 7) is 1.96. The number of carbonyl (C=O) groups is 1. The molecule has 1 unspecified atom stereocenters. The van der Waals surface area contributed by atoms with Crippen molar-refractivity contribution in [3.8, 4) is 5.75 Å². The number of hydrogen-bond acceptors (Lipinski definition) is 3. The summed E-state index contributed by atoms with van der Waals surface area (Å²) in [6, 6.07) is 7.43. The summed E-state index contributed by atoms with van der Waals surface area (Å²) in [5.74, 6) is 0.706. The molecule has 0 radical (unpaired) electrons. The van der Waals surface area contributed by atoms with Crippen LogP contribution in [-0.4, -0.2) is 30.8 Å². The number of nitrogens with one attached hydrogen (secondary N) is 1. The van der Waals surface area contributed by atoms with Crippen molar-refractivity contribution in [1.82, 2.24) is 5.32 Å². The van der Waals surface area contributed by atoms with E-state index in [1.165, 1.54) is 0 Å². The summed E-state index contributed by atoms with van der Waals surface area (Å²) in [4.78, 5) is 11.7. The highest BCUT2D eigenvalue weighted by atomic mass is 16.5. The fourth-order valence-electron chi connectivity index (χ4n) is 1.56. The third-order valence-corrected chi connectivity index (χ3v) is 2.47. The van der Waals surface area contributed by atoms with Crippen molar-refractivity contribution in [3.05, 3.63) is 29.8 Å². The third kappa shape index (κ3) is 4.87. The van der Waals surface area contributed by atoms with E-state index < -0.39 is 0 Å². The van der Waals surface area contributed by atoms with Crippen LogP contribution in [0.15, 0.2) is 24.3 Å². The summed E-state index contributed by atoms with van der Waals surface area (Å²) < 4.78 is 5.09. The molecule has 0 spiro atoms. The lowest BCUT2D eigenvalue weighted by Gasteiger charge is -2.12. The summed E-state index contributed by atoms with van der Waals surface area (Å²) in [6.07, 6.45) is 0.900. The first-order chi connectivity index (χ1) is 8.15. The molecule has 1 amide bonds. The molecule has 1 aromatic rings. The van der Waals surface area contributed by atoms with E-state index in [9.17, 15) is 4.79 Å². The highest BCUT2D eigenvalue weighted by molar-refractivity contribution is 5.78. The second kappa shape index (κ2) is 6.91. The fourth-order valence-corrected chi connectivity index (χ4v) is 1.56. The van der Waals surface area contributed by atoms with Crippen LogP contribution in [0.2, 0.25) is 0 Å². The van der Waals surface area contributed by atoms with Gasteiger partial charge >= 0.3 is 0 Å². The Bertz CT molecular complexity index is 365. The van der Waals surface area contributed by atoms with E-state index in [0.717, 1.165) is 11.3 Å². The van der Waals surface area contributed by atoms with E-state index in [4.69, 9.17) is 9.84 Å². The van der Waals surface area contributed by atoms with Crippen molar-refractivity contribution in [3.63, 3.8) is 0 Å². The standard InChI is InChI=1S/C13H19NO3/c1-10(6-7-15)14-13(16)9-11-4-3-5-12(8-11)17-2/h3-5,8,10,15H,6-7,9H2,1-2H3,(H,14,16). The van der Waals surface area contributed by atoms with Crippen molar-refractivity contribution in [2.45, 2.75) is 25.8 Å². The van der Waals surface area contributed by atoms with Crippen molar-refractivity contribution in [2.24, 2.45) is 0 Å². The SMILES string of the molecule is COc1cccc(CC(=O)NC(C)CCO)c1. The van der Waals surface area contributed by atoms with Crippen LogP contribution < -0.4 is 10.1 Å². The average molecular weight is 237 g/mol. The normalized spacial score (nSPS) is 11.9. The first kappa shape index (κ1) is 13.5. The molecule has 0 bridgehead atoms. The van der Waals surface area contributed by atoms with Crippen LogP contribution in [0.25, 0.3) is 0 Å². The minimum absolute atomic E-state index is 0.00175. The van der Waals surface area contributed by atoms with Gasteiger partial charge in [0.15, 0.2) is 0 Å². The van der Waals surface area contributed by atoms with Gasteiger partial charge in [-0.2, -0.15) is 0 Å². The van der Waals surface area contributed by atoms with E-state index in [0.29, 0.717) is 12.8 Å². The maximum absolute atomic E-state index is 11.7. The van der Waals surface area contributed by atoms with Crippen molar-refractivity contribution in [2.75, 3.05) is 13.7 Å². The minimum atomic E-state index is -0.0424. The lowest BCUT2D eigenvalue weighted by atomic mass is 10.1. The van der Waals surface area contributed by atoms with Gasteiger partial charge in [0.25, 0.3) is 0 Å². The number of carbonyl (C=O) groups excluding carboxylic acids is 1. The van der Waals surface area contributed by atoms with Gasteiger partial charge in [0.1, 0.15) is 5.75 Å². The number of ether oxygens (including phenoxy) is 1. The Balaban J connectivity index is 2.49. The molecule has 94 valence electrons. The molecule has 0 fully saturated rings. The number of aliphatic hydroxyl groups excluding tert-OH is 1. The molecule has 4 heteroatoms. The van der Waals surface area contributed by atoms with Crippen LogP contribution in [-0.2, 0) is 11.2 Å². The Hall–Kier alpha value is -1.55. The van der Waals surface area contributed by atoms with Crippen LogP contribution in [0.5, 0.6) is 5.75 Å². The number of rotatable bonds is 6. The zero-order valence-electron chi connectivity index (χ0n) is 10.3. The molecule has 17 heavy (non-hydrogen) atoms. The van der Waals surface area contributed by atoms with Crippen LogP contribution in [0.3, 0.4) is 0 Å². The Kier molecular flexibility index (Phi) is 5.49. The van der Waals surface area contributed by atoms with Gasteiger partial charge in [-0.3, -0.25) is 4.79 Å². The second-order valence-corrected chi connectivity index (χ2v) is 4.01. The quantitative estimate of drug-likeness (QED) is 0.779. The van der Waals surface area contributed by atoms with Gasteiger partial charge < -0.3 is 15.2 Å². The first-order valence-corrected chi connectivity index (χ1v) is 5.69. The molecule has 1 rings (SSSR count). The summed E-state index contributed by atoms with van der Waals surface area (Å²) >= 11 is 0. The molecule has 0 aliphatic heterocycles.